The first-order chi connectivity index (χ1) is 12.4. The summed E-state index contributed by atoms with van der Waals surface area (Å²) in [7, 11) is 0. The minimum Gasteiger partial charge on any atom is -0.481 e. The third kappa shape index (κ3) is 5.63. The number of hydrogen-bond acceptors (Lipinski definition) is 4. The zero-order valence-electron chi connectivity index (χ0n) is 14.2. The highest BCUT2D eigenvalue weighted by Crippen LogP contribution is 2.18. The number of carbonyl (C=O) groups is 2. The number of halogens is 2. The van der Waals surface area contributed by atoms with Crippen LogP contribution in [0.5, 0.6) is 11.5 Å². The lowest BCUT2D eigenvalue weighted by Gasteiger charge is -2.18. The van der Waals surface area contributed by atoms with Crippen LogP contribution in [0.1, 0.15) is 13.8 Å². The van der Waals surface area contributed by atoms with Crippen molar-refractivity contribution >= 4 is 23.4 Å². The van der Waals surface area contributed by atoms with E-state index in [4.69, 9.17) is 21.1 Å². The predicted octanol–water partition coefficient (Wildman–Crippen LogP) is 2.86. The van der Waals surface area contributed by atoms with Crippen molar-refractivity contribution in [1.82, 2.24) is 10.9 Å². The number of carbonyl (C=O) groups excluding carboxylic acids is 2. The zero-order chi connectivity index (χ0) is 19.1. The maximum Gasteiger partial charge on any atom is 0.279 e. The number of benzene rings is 2. The molecule has 2 unspecified atom stereocenters. The quantitative estimate of drug-likeness (QED) is 0.755. The van der Waals surface area contributed by atoms with Crippen LogP contribution in [0.3, 0.4) is 0 Å². The van der Waals surface area contributed by atoms with Crippen LogP contribution in [0.4, 0.5) is 4.39 Å². The van der Waals surface area contributed by atoms with E-state index < -0.39 is 29.8 Å². The Labute approximate surface area is 155 Å². The van der Waals surface area contributed by atoms with Crippen LogP contribution in [-0.4, -0.2) is 24.0 Å². The first-order valence-corrected chi connectivity index (χ1v) is 8.17. The lowest BCUT2D eigenvalue weighted by atomic mass is 10.3. The fourth-order valence-corrected chi connectivity index (χ4v) is 2.09. The molecule has 0 aliphatic rings. The highest BCUT2D eigenvalue weighted by Gasteiger charge is 2.19. The average molecular weight is 381 g/mol. The zero-order valence-corrected chi connectivity index (χ0v) is 14.9. The van der Waals surface area contributed by atoms with Gasteiger partial charge in [-0.1, -0.05) is 29.8 Å². The Morgan fingerprint density at radius 1 is 0.962 bits per heavy atom. The molecule has 0 fully saturated rings. The predicted molar refractivity (Wildman–Crippen MR) is 94.3 cm³/mol. The normalized spacial score (nSPS) is 12.6. The van der Waals surface area contributed by atoms with Crippen LogP contribution >= 0.6 is 11.6 Å². The second-order valence-electron chi connectivity index (χ2n) is 5.39. The fourth-order valence-electron chi connectivity index (χ4n) is 1.91. The van der Waals surface area contributed by atoms with Gasteiger partial charge in [0.15, 0.2) is 23.8 Å². The number of ether oxygens (including phenoxy) is 2. The second kappa shape index (κ2) is 9.05. The maximum absolute atomic E-state index is 13.5. The molecule has 2 atom stereocenters. The minimum atomic E-state index is -1.02. The van der Waals surface area contributed by atoms with Gasteiger partial charge < -0.3 is 9.47 Å². The van der Waals surface area contributed by atoms with Gasteiger partial charge >= 0.3 is 0 Å². The van der Waals surface area contributed by atoms with Crippen LogP contribution < -0.4 is 20.3 Å². The summed E-state index contributed by atoms with van der Waals surface area (Å²) in [5.41, 5.74) is 4.44. The standard InChI is InChI=1S/C18H18ClFN2O4/c1-11(25-14-7-5-6-13(19)10-14)17(23)21-22-18(24)12(2)26-16-9-4-3-8-15(16)20/h3-12H,1-2H3,(H,21,23)(H,22,24). The summed E-state index contributed by atoms with van der Waals surface area (Å²) in [6.07, 6.45) is -1.90. The van der Waals surface area contributed by atoms with Crippen molar-refractivity contribution in [1.29, 1.82) is 0 Å². The number of rotatable bonds is 6. The molecule has 2 aromatic rings. The molecule has 2 aromatic carbocycles. The Kier molecular flexibility index (Phi) is 6.80. The van der Waals surface area contributed by atoms with Crippen LogP contribution in [-0.2, 0) is 9.59 Å². The summed E-state index contributed by atoms with van der Waals surface area (Å²) in [5, 5.41) is 0.475. The van der Waals surface area contributed by atoms with Crippen molar-refractivity contribution in [2.24, 2.45) is 0 Å². The Morgan fingerprint density at radius 2 is 1.58 bits per heavy atom. The first-order valence-electron chi connectivity index (χ1n) is 7.80. The molecule has 2 rings (SSSR count). The summed E-state index contributed by atoms with van der Waals surface area (Å²) in [5.74, 6) is -1.44. The van der Waals surface area contributed by atoms with Gasteiger partial charge in [-0.05, 0) is 44.2 Å². The number of amides is 2. The van der Waals surface area contributed by atoms with Crippen molar-refractivity contribution in [3.63, 3.8) is 0 Å². The molecular formula is C18H18ClFN2O4. The van der Waals surface area contributed by atoms with Gasteiger partial charge in [-0.2, -0.15) is 0 Å². The summed E-state index contributed by atoms with van der Waals surface area (Å²) in [6.45, 7) is 2.95. The summed E-state index contributed by atoms with van der Waals surface area (Å²) >= 11 is 5.84. The van der Waals surface area contributed by atoms with Gasteiger partial charge in [-0.3, -0.25) is 20.4 Å². The Balaban J connectivity index is 1.82. The van der Waals surface area contributed by atoms with Crippen LogP contribution in [0.15, 0.2) is 48.5 Å². The molecule has 2 amide bonds. The average Bonchev–Trinajstić information content (AvgIpc) is 2.61. The molecule has 0 heterocycles. The molecule has 0 aromatic heterocycles. The Hall–Kier alpha value is -2.80. The van der Waals surface area contributed by atoms with E-state index in [1.165, 1.54) is 32.0 Å². The van der Waals surface area contributed by atoms with E-state index in [-0.39, 0.29) is 5.75 Å². The van der Waals surface area contributed by atoms with E-state index in [1.807, 2.05) is 0 Å². The molecule has 0 spiro atoms. The topological polar surface area (TPSA) is 76.7 Å². The molecule has 138 valence electrons. The number of hydrogen-bond donors (Lipinski definition) is 2. The third-order valence-electron chi connectivity index (χ3n) is 3.30. The largest absolute Gasteiger partial charge is 0.481 e. The van der Waals surface area contributed by atoms with E-state index >= 15 is 0 Å². The van der Waals surface area contributed by atoms with Crippen LogP contribution in [0.25, 0.3) is 0 Å². The van der Waals surface area contributed by atoms with Gasteiger partial charge in [0.05, 0.1) is 0 Å². The van der Waals surface area contributed by atoms with E-state index in [9.17, 15) is 14.0 Å². The number of nitrogens with one attached hydrogen (secondary N) is 2. The smallest absolute Gasteiger partial charge is 0.279 e. The number of para-hydroxylation sites is 1. The highest BCUT2D eigenvalue weighted by atomic mass is 35.5. The lowest BCUT2D eigenvalue weighted by Crippen LogP contribution is -2.50. The van der Waals surface area contributed by atoms with Gasteiger partial charge in [0, 0.05) is 5.02 Å². The molecule has 6 nitrogen and oxygen atoms in total. The minimum absolute atomic E-state index is 0.0564. The molecule has 0 saturated heterocycles. The van der Waals surface area contributed by atoms with Gasteiger partial charge in [-0.25, -0.2) is 4.39 Å². The highest BCUT2D eigenvalue weighted by molar-refractivity contribution is 6.30. The van der Waals surface area contributed by atoms with Gasteiger partial charge in [-0.15, -0.1) is 0 Å². The maximum atomic E-state index is 13.5. The molecule has 0 aliphatic carbocycles. The molecule has 8 heteroatoms. The van der Waals surface area contributed by atoms with E-state index in [0.29, 0.717) is 10.8 Å². The molecule has 0 saturated carbocycles. The number of hydrazine groups is 1. The summed E-state index contributed by atoms with van der Waals surface area (Å²) < 4.78 is 24.2. The van der Waals surface area contributed by atoms with Crippen molar-refractivity contribution in [3.8, 4) is 11.5 Å². The lowest BCUT2D eigenvalue weighted by molar-refractivity contribution is -0.135. The molecule has 0 aliphatic heterocycles. The van der Waals surface area contributed by atoms with Crippen molar-refractivity contribution < 1.29 is 23.5 Å². The Morgan fingerprint density at radius 3 is 2.19 bits per heavy atom. The third-order valence-corrected chi connectivity index (χ3v) is 3.53. The van der Waals surface area contributed by atoms with E-state index in [2.05, 4.69) is 10.9 Å². The monoisotopic (exact) mass is 380 g/mol. The van der Waals surface area contributed by atoms with Crippen molar-refractivity contribution in [2.75, 3.05) is 0 Å². The van der Waals surface area contributed by atoms with E-state index in [0.717, 1.165) is 0 Å². The molecule has 26 heavy (non-hydrogen) atoms. The van der Waals surface area contributed by atoms with Crippen LogP contribution in [0.2, 0.25) is 5.02 Å². The second-order valence-corrected chi connectivity index (χ2v) is 5.82. The van der Waals surface area contributed by atoms with Crippen LogP contribution in [0, 0.1) is 5.82 Å². The SMILES string of the molecule is CC(Oc1cccc(Cl)c1)C(=O)NNC(=O)C(C)Oc1ccccc1F. The Bertz CT molecular complexity index is 787. The molecule has 0 radical (unpaired) electrons. The fraction of sp³-hybridized carbons (Fsp3) is 0.222. The van der Waals surface area contributed by atoms with Gasteiger partial charge in [0.2, 0.25) is 0 Å². The van der Waals surface area contributed by atoms with E-state index in [1.54, 1.807) is 30.3 Å². The summed E-state index contributed by atoms with van der Waals surface area (Å²) in [6, 6.07) is 12.3. The van der Waals surface area contributed by atoms with Gasteiger partial charge in [0.1, 0.15) is 5.75 Å². The van der Waals surface area contributed by atoms with Crippen molar-refractivity contribution in [2.45, 2.75) is 26.1 Å². The van der Waals surface area contributed by atoms with Gasteiger partial charge in [0.25, 0.3) is 11.8 Å². The van der Waals surface area contributed by atoms with Crippen molar-refractivity contribution in [3.05, 3.63) is 59.4 Å². The molecule has 2 N–H and O–H groups in total. The first kappa shape index (κ1) is 19.5. The summed E-state index contributed by atoms with van der Waals surface area (Å²) in [4.78, 5) is 23.9. The molecule has 0 bridgehead atoms. The molecular weight excluding hydrogens is 363 g/mol.